The number of nitrogens with one attached hydrogen (secondary N) is 8. The van der Waals surface area contributed by atoms with Crippen molar-refractivity contribution in [1.82, 2.24) is 37.2 Å². The van der Waals surface area contributed by atoms with Crippen LogP contribution in [0.1, 0.15) is 78.2 Å². The predicted molar refractivity (Wildman–Crippen MR) is 227 cm³/mol. The highest BCUT2D eigenvalue weighted by molar-refractivity contribution is 6.43. The van der Waals surface area contributed by atoms with E-state index in [-0.39, 0.29) is 19.4 Å². The molecule has 1 unspecified atom stereocenters. The van der Waals surface area contributed by atoms with Gasteiger partial charge >= 0.3 is 13.1 Å². The van der Waals surface area contributed by atoms with Crippen molar-refractivity contribution in [3.63, 3.8) is 0 Å². The Kier molecular flexibility index (Phi) is 22.4. The predicted octanol–water partition coefficient (Wildman–Crippen LogP) is -0.670. The van der Waals surface area contributed by atoms with Gasteiger partial charge in [-0.05, 0) is 88.2 Å². The summed E-state index contributed by atoms with van der Waals surface area (Å²) in [6.45, 7) is 6.20. The first kappa shape index (κ1) is 50.6. The van der Waals surface area contributed by atoms with Crippen LogP contribution in [0.25, 0.3) is 11.1 Å². The van der Waals surface area contributed by atoms with Gasteiger partial charge in [0.1, 0.15) is 24.2 Å². The smallest absolute Gasteiger partial charge is 0.426 e. The minimum atomic E-state index is -1.92. The fourth-order valence-corrected chi connectivity index (χ4v) is 5.70. The molecule has 0 saturated heterocycles. The molecule has 0 aromatic heterocycles. The standard InChI is InChI=1S/C40H62BN9O10/c1-6-7-10-27-12-14-28(15-13-27)29-16-18-30(19-17-29)47-40(58)44-22-20-33(52)48-31(11-8-9-21-42)37(55)50-35(25(3)51)39(57)45-24(2)36(54)49-32(23-34(53)43-5)38(56)46-26(4)41(59)60/h12-19,24-26,31-32,35,51,59-60H,6-11,20-23,42H2,1-5H3,(H,43,53)(H,45,57)(H,46,56)(H,48,52)(H,49,54)(H,50,55)(H2,44,47,58)/t24-,25?,26-,31-,32-,35-/m0/s1. The fraction of sp³-hybridized carbons (Fsp3) is 0.525. The van der Waals surface area contributed by atoms with E-state index in [4.69, 9.17) is 5.73 Å². The summed E-state index contributed by atoms with van der Waals surface area (Å²) in [7, 11) is -0.602. The molecule has 20 heteroatoms. The molecule has 330 valence electrons. The monoisotopic (exact) mass is 839 g/mol. The molecule has 13 N–H and O–H groups in total. The number of anilines is 1. The van der Waals surface area contributed by atoms with Crippen molar-refractivity contribution in [3.05, 3.63) is 54.1 Å². The number of carbonyl (C=O) groups is 7. The number of carbonyl (C=O) groups excluding carboxylic acids is 7. The summed E-state index contributed by atoms with van der Waals surface area (Å²) in [6.07, 6.45) is 2.23. The Labute approximate surface area is 351 Å². The van der Waals surface area contributed by atoms with Crippen LogP contribution in [-0.4, -0.2) is 120 Å². The SMILES string of the molecule is CCCCc1ccc(-c2ccc(NC(=O)NCCC(=O)N[C@@H](CCCCN)C(=O)N[C@H](C(=O)N[C@@H](C)C(=O)N[C@@H](CC(=O)NC)C(=O)N[C@@H](C)B(O)O)C(C)O)cc2)cc1. The maximum atomic E-state index is 13.4. The van der Waals surface area contributed by atoms with Crippen LogP contribution < -0.4 is 48.3 Å². The zero-order valence-corrected chi connectivity index (χ0v) is 35.0. The summed E-state index contributed by atoms with van der Waals surface area (Å²) in [5, 5.41) is 48.7. The van der Waals surface area contributed by atoms with Crippen molar-refractivity contribution < 1.29 is 48.7 Å². The van der Waals surface area contributed by atoms with Crippen molar-refractivity contribution in [2.24, 2.45) is 5.73 Å². The van der Waals surface area contributed by atoms with Crippen LogP contribution in [-0.2, 0) is 35.2 Å². The van der Waals surface area contributed by atoms with E-state index in [0.717, 1.165) is 30.4 Å². The first-order valence-corrected chi connectivity index (χ1v) is 20.2. The average molecular weight is 840 g/mol. The maximum Gasteiger partial charge on any atom is 0.475 e. The lowest BCUT2D eigenvalue weighted by Crippen LogP contribution is -2.60. The van der Waals surface area contributed by atoms with Crippen LogP contribution in [0.4, 0.5) is 10.5 Å². The van der Waals surface area contributed by atoms with Crippen molar-refractivity contribution >= 4 is 54.3 Å². The van der Waals surface area contributed by atoms with Crippen molar-refractivity contribution in [1.29, 1.82) is 0 Å². The largest absolute Gasteiger partial charge is 0.475 e. The van der Waals surface area contributed by atoms with Crippen LogP contribution in [0.5, 0.6) is 0 Å². The van der Waals surface area contributed by atoms with Crippen LogP contribution in [0, 0.1) is 0 Å². The van der Waals surface area contributed by atoms with Gasteiger partial charge < -0.3 is 63.4 Å². The number of benzene rings is 2. The third-order valence-corrected chi connectivity index (χ3v) is 9.42. The van der Waals surface area contributed by atoms with Gasteiger partial charge in [0.2, 0.25) is 35.4 Å². The summed E-state index contributed by atoms with van der Waals surface area (Å²) < 4.78 is 0. The summed E-state index contributed by atoms with van der Waals surface area (Å²) in [4.78, 5) is 89.9. The molecule has 0 bridgehead atoms. The fourth-order valence-electron chi connectivity index (χ4n) is 5.70. The number of unbranched alkanes of at least 4 members (excludes halogenated alkanes) is 2. The number of hydrogen-bond donors (Lipinski definition) is 12. The molecule has 2 aromatic rings. The Balaban J connectivity index is 1.97. The summed E-state index contributed by atoms with van der Waals surface area (Å²) in [5.74, 6) is -5.92. The number of aliphatic hydroxyl groups excluding tert-OH is 1. The Hall–Kier alpha value is -5.57. The second-order valence-corrected chi connectivity index (χ2v) is 14.5. The molecule has 60 heavy (non-hydrogen) atoms. The van der Waals surface area contributed by atoms with E-state index in [1.807, 2.05) is 12.1 Å². The Morgan fingerprint density at radius 1 is 0.717 bits per heavy atom. The second kappa shape index (κ2) is 26.5. The van der Waals surface area contributed by atoms with Gasteiger partial charge in [-0.25, -0.2) is 4.79 Å². The van der Waals surface area contributed by atoms with Crippen molar-refractivity contribution in [3.8, 4) is 11.1 Å². The number of rotatable bonds is 25. The first-order valence-electron chi connectivity index (χ1n) is 20.2. The first-order chi connectivity index (χ1) is 28.5. The topological polar surface area (TPSA) is 302 Å². The molecule has 2 rings (SSSR count). The molecule has 6 atom stereocenters. The molecule has 19 nitrogen and oxygen atoms in total. The van der Waals surface area contributed by atoms with E-state index in [1.54, 1.807) is 12.1 Å². The maximum absolute atomic E-state index is 13.4. The molecule has 0 fully saturated rings. The highest BCUT2D eigenvalue weighted by Gasteiger charge is 2.33. The number of amides is 8. The minimum absolute atomic E-state index is 0.0655. The normalized spacial score (nSPS) is 13.8. The number of urea groups is 1. The average Bonchev–Trinajstić information content (AvgIpc) is 3.21. The van der Waals surface area contributed by atoms with Crippen LogP contribution in [0.15, 0.2) is 48.5 Å². The summed E-state index contributed by atoms with van der Waals surface area (Å²) in [5.41, 5.74) is 9.50. The molecule has 0 aliphatic heterocycles. The highest BCUT2D eigenvalue weighted by Crippen LogP contribution is 2.22. The van der Waals surface area contributed by atoms with Gasteiger partial charge in [0.25, 0.3) is 0 Å². The molecule has 0 aliphatic rings. The van der Waals surface area contributed by atoms with Crippen LogP contribution in [0.3, 0.4) is 0 Å². The van der Waals surface area contributed by atoms with E-state index >= 15 is 0 Å². The lowest BCUT2D eigenvalue weighted by molar-refractivity contribution is -0.136. The molecule has 8 amide bonds. The van der Waals surface area contributed by atoms with Gasteiger partial charge in [0.15, 0.2) is 0 Å². The molecule has 0 spiro atoms. The zero-order valence-electron chi connectivity index (χ0n) is 35.0. The lowest BCUT2D eigenvalue weighted by atomic mass is 9.81. The van der Waals surface area contributed by atoms with Gasteiger partial charge in [0.05, 0.1) is 18.5 Å². The number of aryl methyl sites for hydroxylation is 1. The van der Waals surface area contributed by atoms with E-state index in [1.165, 1.54) is 33.4 Å². The Morgan fingerprint density at radius 2 is 1.33 bits per heavy atom. The molecule has 0 heterocycles. The lowest BCUT2D eigenvalue weighted by Gasteiger charge is -2.26. The molecule has 0 aliphatic carbocycles. The quantitative estimate of drug-likeness (QED) is 0.0440. The van der Waals surface area contributed by atoms with E-state index < -0.39 is 91.2 Å². The van der Waals surface area contributed by atoms with Gasteiger partial charge in [-0.3, -0.25) is 28.8 Å². The van der Waals surface area contributed by atoms with Crippen molar-refractivity contribution in [2.75, 3.05) is 25.5 Å². The minimum Gasteiger partial charge on any atom is -0.426 e. The van der Waals surface area contributed by atoms with Crippen LogP contribution in [0.2, 0.25) is 0 Å². The number of hydrogen-bond acceptors (Lipinski definition) is 11. The van der Waals surface area contributed by atoms with Crippen LogP contribution >= 0.6 is 0 Å². The van der Waals surface area contributed by atoms with Gasteiger partial charge in [-0.1, -0.05) is 49.7 Å². The highest BCUT2D eigenvalue weighted by atomic mass is 16.4. The van der Waals surface area contributed by atoms with E-state index in [9.17, 15) is 48.7 Å². The zero-order chi connectivity index (χ0) is 44.8. The van der Waals surface area contributed by atoms with Gasteiger partial charge in [0, 0.05) is 25.7 Å². The number of aliphatic hydroxyl groups is 1. The Bertz CT molecular complexity index is 1710. The molecule has 0 saturated carbocycles. The molecule has 0 radical (unpaired) electrons. The summed E-state index contributed by atoms with van der Waals surface area (Å²) in [6, 6.07) is 9.62. The summed E-state index contributed by atoms with van der Waals surface area (Å²) >= 11 is 0. The van der Waals surface area contributed by atoms with Gasteiger partial charge in [-0.15, -0.1) is 0 Å². The second-order valence-electron chi connectivity index (χ2n) is 14.5. The third kappa shape index (κ3) is 18.1. The third-order valence-electron chi connectivity index (χ3n) is 9.42. The van der Waals surface area contributed by atoms with E-state index in [2.05, 4.69) is 73.7 Å². The Morgan fingerprint density at radius 3 is 1.90 bits per heavy atom. The number of nitrogens with two attached hydrogens (primary N) is 1. The van der Waals surface area contributed by atoms with Crippen molar-refractivity contribution in [2.45, 2.75) is 115 Å². The molecule has 2 aromatic carbocycles. The molecular formula is C40H62BN9O10. The van der Waals surface area contributed by atoms with Gasteiger partial charge in [-0.2, -0.15) is 0 Å². The van der Waals surface area contributed by atoms with E-state index in [0.29, 0.717) is 25.1 Å². The molecular weight excluding hydrogens is 777 g/mol.